The lowest BCUT2D eigenvalue weighted by Gasteiger charge is -2.29. The van der Waals surface area contributed by atoms with Gasteiger partial charge >= 0.3 is 0 Å². The number of nitrogens with one attached hydrogen (secondary N) is 1. The van der Waals surface area contributed by atoms with E-state index in [0.717, 1.165) is 18.9 Å². The number of hydrogen-bond donors (Lipinski definition) is 1. The minimum Gasteiger partial charge on any atom is -0.484 e. The molecule has 1 fully saturated rings. The van der Waals surface area contributed by atoms with Crippen LogP contribution in [0.2, 0.25) is 5.02 Å². The SMILES string of the molecule is O=C(CN1C(=O)COc2ccc(C(=O)COc3ccc(F)cc3Cl)cc21)NCC1CC1. The van der Waals surface area contributed by atoms with Crippen LogP contribution in [0.15, 0.2) is 36.4 Å². The molecule has 2 aromatic carbocycles. The van der Waals surface area contributed by atoms with Gasteiger partial charge in [0.15, 0.2) is 19.0 Å². The Bertz CT molecular complexity index is 1040. The molecule has 1 N–H and O–H groups in total. The monoisotopic (exact) mass is 446 g/mol. The summed E-state index contributed by atoms with van der Waals surface area (Å²) in [5, 5.41) is 2.88. The van der Waals surface area contributed by atoms with Crippen LogP contribution in [0, 0.1) is 11.7 Å². The van der Waals surface area contributed by atoms with E-state index in [1.54, 1.807) is 12.1 Å². The average molecular weight is 447 g/mol. The van der Waals surface area contributed by atoms with Crippen LogP contribution in [0.3, 0.4) is 0 Å². The number of ether oxygens (including phenoxy) is 2. The van der Waals surface area contributed by atoms with Crippen LogP contribution in [-0.4, -0.2) is 43.9 Å². The third kappa shape index (κ3) is 5.14. The van der Waals surface area contributed by atoms with E-state index in [-0.39, 0.29) is 53.7 Å². The molecule has 1 aliphatic heterocycles. The fraction of sp³-hybridized carbons (Fsp3) is 0.318. The number of carbonyl (C=O) groups is 3. The van der Waals surface area contributed by atoms with Gasteiger partial charge in [0.1, 0.15) is 23.9 Å². The van der Waals surface area contributed by atoms with Gasteiger partial charge in [-0.25, -0.2) is 4.39 Å². The molecular weight excluding hydrogens is 427 g/mol. The third-order valence-electron chi connectivity index (χ3n) is 5.06. The van der Waals surface area contributed by atoms with Crippen molar-refractivity contribution in [3.05, 3.63) is 52.8 Å². The molecule has 7 nitrogen and oxygen atoms in total. The van der Waals surface area contributed by atoms with E-state index in [1.165, 1.54) is 23.1 Å². The lowest BCUT2D eigenvalue weighted by molar-refractivity contribution is -0.125. The van der Waals surface area contributed by atoms with Crippen molar-refractivity contribution in [3.8, 4) is 11.5 Å². The molecule has 1 saturated carbocycles. The molecule has 2 aromatic rings. The van der Waals surface area contributed by atoms with Crippen molar-refractivity contribution < 1.29 is 28.2 Å². The summed E-state index contributed by atoms with van der Waals surface area (Å²) in [7, 11) is 0. The number of rotatable bonds is 8. The number of Topliss-reactive ketones (excluding diaryl/α,β-unsaturated/α-hetero) is 1. The number of anilines is 1. The summed E-state index contributed by atoms with van der Waals surface area (Å²) in [5.74, 6) is -0.401. The molecule has 162 valence electrons. The summed E-state index contributed by atoms with van der Waals surface area (Å²) in [5.41, 5.74) is 0.627. The van der Waals surface area contributed by atoms with Gasteiger partial charge < -0.3 is 14.8 Å². The molecule has 0 saturated heterocycles. The summed E-state index contributed by atoms with van der Waals surface area (Å²) < 4.78 is 24.0. The highest BCUT2D eigenvalue weighted by molar-refractivity contribution is 6.32. The second kappa shape index (κ2) is 8.93. The van der Waals surface area contributed by atoms with Gasteiger partial charge in [0.05, 0.1) is 10.7 Å². The number of hydrogen-bond acceptors (Lipinski definition) is 5. The molecule has 0 bridgehead atoms. The molecule has 0 unspecified atom stereocenters. The van der Waals surface area contributed by atoms with Gasteiger partial charge in [0, 0.05) is 12.1 Å². The van der Waals surface area contributed by atoms with Crippen molar-refractivity contribution in [1.82, 2.24) is 5.32 Å². The van der Waals surface area contributed by atoms with Crippen LogP contribution in [-0.2, 0) is 9.59 Å². The fourth-order valence-electron chi connectivity index (χ4n) is 3.15. The summed E-state index contributed by atoms with van der Waals surface area (Å²) >= 11 is 5.91. The molecular formula is C22H20ClFN2O5. The van der Waals surface area contributed by atoms with Crippen molar-refractivity contribution in [1.29, 1.82) is 0 Å². The maximum absolute atomic E-state index is 13.1. The highest BCUT2D eigenvalue weighted by Gasteiger charge is 2.29. The second-order valence-corrected chi connectivity index (χ2v) is 7.89. The van der Waals surface area contributed by atoms with Crippen LogP contribution in [0.1, 0.15) is 23.2 Å². The van der Waals surface area contributed by atoms with Crippen LogP contribution in [0.25, 0.3) is 0 Å². The first-order chi connectivity index (χ1) is 14.9. The molecule has 31 heavy (non-hydrogen) atoms. The minimum absolute atomic E-state index is 0.0561. The minimum atomic E-state index is -0.510. The number of halogens is 2. The smallest absolute Gasteiger partial charge is 0.265 e. The van der Waals surface area contributed by atoms with Crippen LogP contribution >= 0.6 is 11.6 Å². The lowest BCUT2D eigenvalue weighted by Crippen LogP contribution is -2.45. The van der Waals surface area contributed by atoms with E-state index in [0.29, 0.717) is 23.9 Å². The number of nitrogens with zero attached hydrogens (tertiary/aromatic N) is 1. The predicted octanol–water partition coefficient (Wildman–Crippen LogP) is 2.99. The van der Waals surface area contributed by atoms with Gasteiger partial charge in [0.2, 0.25) is 5.91 Å². The standard InChI is InChI=1S/C22H20ClFN2O5/c23-16-8-15(24)4-6-19(16)30-11-18(27)14-3-5-20-17(7-14)26(22(29)12-31-20)10-21(28)25-9-13-1-2-13/h3-8,13H,1-2,9-12H2,(H,25,28). The second-order valence-electron chi connectivity index (χ2n) is 7.49. The largest absolute Gasteiger partial charge is 0.484 e. The summed E-state index contributed by atoms with van der Waals surface area (Å²) in [6, 6.07) is 8.24. The first kappa shape index (κ1) is 21.1. The zero-order chi connectivity index (χ0) is 22.0. The molecule has 1 heterocycles. The number of amides is 2. The van der Waals surface area contributed by atoms with Gasteiger partial charge in [0.25, 0.3) is 5.91 Å². The molecule has 0 radical (unpaired) electrons. The van der Waals surface area contributed by atoms with Crippen LogP contribution in [0.5, 0.6) is 11.5 Å². The first-order valence-electron chi connectivity index (χ1n) is 9.85. The van der Waals surface area contributed by atoms with Gasteiger partial charge in [-0.15, -0.1) is 0 Å². The highest BCUT2D eigenvalue weighted by Crippen LogP contribution is 2.33. The molecule has 0 aromatic heterocycles. The Kier molecular flexibility index (Phi) is 6.08. The maximum Gasteiger partial charge on any atom is 0.265 e. The molecule has 0 atom stereocenters. The van der Waals surface area contributed by atoms with E-state index >= 15 is 0 Å². The van der Waals surface area contributed by atoms with E-state index in [4.69, 9.17) is 21.1 Å². The normalized spacial score (nSPS) is 15.2. The molecule has 9 heteroatoms. The van der Waals surface area contributed by atoms with Crippen molar-refractivity contribution in [2.75, 3.05) is 31.2 Å². The summed E-state index contributed by atoms with van der Waals surface area (Å²) in [4.78, 5) is 38.6. The van der Waals surface area contributed by atoms with Crippen molar-refractivity contribution in [2.24, 2.45) is 5.92 Å². The van der Waals surface area contributed by atoms with Gasteiger partial charge in [-0.3, -0.25) is 19.3 Å². The predicted molar refractivity (Wildman–Crippen MR) is 111 cm³/mol. The van der Waals surface area contributed by atoms with E-state index in [1.807, 2.05) is 0 Å². The number of carbonyl (C=O) groups excluding carboxylic acids is 3. The number of ketones is 1. The Balaban J connectivity index is 1.46. The quantitative estimate of drug-likeness (QED) is 0.630. The van der Waals surface area contributed by atoms with Crippen LogP contribution in [0.4, 0.5) is 10.1 Å². The van der Waals surface area contributed by atoms with E-state index in [9.17, 15) is 18.8 Å². The summed E-state index contributed by atoms with van der Waals surface area (Å²) in [6.07, 6.45) is 2.21. The van der Waals surface area contributed by atoms with Crippen molar-refractivity contribution in [3.63, 3.8) is 0 Å². The zero-order valence-electron chi connectivity index (χ0n) is 16.5. The Morgan fingerprint density at radius 1 is 1.23 bits per heavy atom. The Hall–Kier alpha value is -3.13. The molecule has 4 rings (SSSR count). The van der Waals surface area contributed by atoms with Gasteiger partial charge in [-0.2, -0.15) is 0 Å². The number of fused-ring (bicyclic) bond motifs is 1. The van der Waals surface area contributed by atoms with Crippen molar-refractivity contribution in [2.45, 2.75) is 12.8 Å². The molecule has 0 spiro atoms. The fourth-order valence-corrected chi connectivity index (χ4v) is 3.37. The Morgan fingerprint density at radius 3 is 2.77 bits per heavy atom. The topological polar surface area (TPSA) is 84.9 Å². The Morgan fingerprint density at radius 2 is 2.03 bits per heavy atom. The average Bonchev–Trinajstić information content (AvgIpc) is 3.58. The lowest BCUT2D eigenvalue weighted by atomic mass is 10.1. The highest BCUT2D eigenvalue weighted by atomic mass is 35.5. The van der Waals surface area contributed by atoms with E-state index < -0.39 is 5.82 Å². The number of benzene rings is 2. The zero-order valence-corrected chi connectivity index (χ0v) is 17.3. The molecule has 2 aliphatic rings. The van der Waals surface area contributed by atoms with E-state index in [2.05, 4.69) is 5.32 Å². The molecule has 2 amide bonds. The third-order valence-corrected chi connectivity index (χ3v) is 5.36. The Labute approximate surface area is 183 Å². The van der Waals surface area contributed by atoms with Gasteiger partial charge in [-0.05, 0) is 55.2 Å². The van der Waals surface area contributed by atoms with Crippen LogP contribution < -0.4 is 19.7 Å². The maximum atomic E-state index is 13.1. The van der Waals surface area contributed by atoms with Gasteiger partial charge in [-0.1, -0.05) is 11.6 Å². The molecule has 1 aliphatic carbocycles. The van der Waals surface area contributed by atoms with Crippen molar-refractivity contribution >= 4 is 34.9 Å². The first-order valence-corrected chi connectivity index (χ1v) is 10.2. The summed E-state index contributed by atoms with van der Waals surface area (Å²) in [6.45, 7) is -0.0591.